The number of aliphatic carboxylic acids is 1. The molecule has 1 amide bonds. The molecular formula is C14H20N2O3S. The molecule has 1 heterocycles. The molecule has 1 aromatic heterocycles. The van der Waals surface area contributed by atoms with E-state index in [4.69, 9.17) is 5.11 Å². The van der Waals surface area contributed by atoms with Crippen LogP contribution in [-0.2, 0) is 16.0 Å². The third-order valence-electron chi connectivity index (χ3n) is 3.65. The van der Waals surface area contributed by atoms with Gasteiger partial charge < -0.3 is 10.4 Å². The first kappa shape index (κ1) is 15.0. The SMILES string of the molecule is CCN(CC(=O)O)C1CC(NC(=O)Cc2cccs2)C1. The summed E-state index contributed by atoms with van der Waals surface area (Å²) in [6, 6.07) is 4.37. The normalized spacial score (nSPS) is 21.5. The first-order valence-corrected chi connectivity index (χ1v) is 7.74. The van der Waals surface area contributed by atoms with Crippen molar-refractivity contribution in [3.8, 4) is 0 Å². The minimum atomic E-state index is -0.794. The van der Waals surface area contributed by atoms with Gasteiger partial charge >= 0.3 is 5.97 Å². The lowest BCUT2D eigenvalue weighted by Gasteiger charge is -2.42. The molecule has 0 saturated heterocycles. The zero-order valence-corrected chi connectivity index (χ0v) is 12.4. The first-order valence-electron chi connectivity index (χ1n) is 6.86. The van der Waals surface area contributed by atoms with Gasteiger partial charge in [0, 0.05) is 17.0 Å². The topological polar surface area (TPSA) is 69.6 Å². The molecule has 1 saturated carbocycles. The highest BCUT2D eigenvalue weighted by Gasteiger charge is 2.34. The molecule has 0 aromatic carbocycles. The minimum Gasteiger partial charge on any atom is -0.480 e. The van der Waals surface area contributed by atoms with Crippen LogP contribution >= 0.6 is 11.3 Å². The molecule has 1 fully saturated rings. The molecule has 0 bridgehead atoms. The number of hydrogen-bond donors (Lipinski definition) is 2. The Kier molecular flexibility index (Phi) is 5.14. The molecule has 0 spiro atoms. The number of likely N-dealkylation sites (N-methyl/N-ethyl adjacent to an activating group) is 1. The van der Waals surface area contributed by atoms with Crippen molar-refractivity contribution < 1.29 is 14.7 Å². The molecule has 20 heavy (non-hydrogen) atoms. The Balaban J connectivity index is 1.70. The van der Waals surface area contributed by atoms with Gasteiger partial charge in [-0.3, -0.25) is 14.5 Å². The van der Waals surface area contributed by atoms with Gasteiger partial charge in [-0.1, -0.05) is 13.0 Å². The third kappa shape index (κ3) is 4.05. The number of amides is 1. The largest absolute Gasteiger partial charge is 0.480 e. The molecule has 0 atom stereocenters. The van der Waals surface area contributed by atoms with Crippen LogP contribution in [0, 0.1) is 0 Å². The van der Waals surface area contributed by atoms with Gasteiger partial charge in [0.15, 0.2) is 0 Å². The lowest BCUT2D eigenvalue weighted by Crippen LogP contribution is -2.55. The molecule has 0 aliphatic heterocycles. The third-order valence-corrected chi connectivity index (χ3v) is 4.53. The maximum absolute atomic E-state index is 11.8. The molecule has 2 N–H and O–H groups in total. The summed E-state index contributed by atoms with van der Waals surface area (Å²) in [5, 5.41) is 13.8. The summed E-state index contributed by atoms with van der Waals surface area (Å²) in [5.74, 6) is -0.741. The lowest BCUT2D eigenvalue weighted by atomic mass is 9.85. The van der Waals surface area contributed by atoms with Gasteiger partial charge in [0.05, 0.1) is 13.0 Å². The Hall–Kier alpha value is -1.40. The van der Waals surface area contributed by atoms with Gasteiger partial charge in [-0.2, -0.15) is 0 Å². The van der Waals surface area contributed by atoms with Crippen molar-refractivity contribution in [3.63, 3.8) is 0 Å². The summed E-state index contributed by atoms with van der Waals surface area (Å²) in [5.41, 5.74) is 0. The van der Waals surface area contributed by atoms with Crippen molar-refractivity contribution in [1.82, 2.24) is 10.2 Å². The van der Waals surface area contributed by atoms with E-state index in [0.717, 1.165) is 24.3 Å². The molecule has 110 valence electrons. The number of nitrogens with zero attached hydrogens (tertiary/aromatic N) is 1. The van der Waals surface area contributed by atoms with Crippen molar-refractivity contribution in [1.29, 1.82) is 0 Å². The second-order valence-corrected chi connectivity index (χ2v) is 6.13. The van der Waals surface area contributed by atoms with Gasteiger partial charge in [-0.15, -0.1) is 11.3 Å². The number of carbonyl (C=O) groups is 2. The van der Waals surface area contributed by atoms with Crippen molar-refractivity contribution in [2.45, 2.75) is 38.3 Å². The molecule has 0 radical (unpaired) electrons. The first-order chi connectivity index (χ1) is 9.58. The summed E-state index contributed by atoms with van der Waals surface area (Å²) in [6.45, 7) is 2.77. The highest BCUT2D eigenvalue weighted by Crippen LogP contribution is 2.25. The Bertz CT molecular complexity index is 455. The van der Waals surface area contributed by atoms with Gasteiger partial charge in [-0.05, 0) is 30.8 Å². The van der Waals surface area contributed by atoms with E-state index >= 15 is 0 Å². The molecule has 1 aliphatic rings. The van der Waals surface area contributed by atoms with Crippen molar-refractivity contribution in [2.24, 2.45) is 0 Å². The molecule has 2 rings (SSSR count). The Morgan fingerprint density at radius 2 is 2.25 bits per heavy atom. The molecule has 5 nitrogen and oxygen atoms in total. The average molecular weight is 296 g/mol. The maximum atomic E-state index is 11.8. The van der Waals surface area contributed by atoms with Gasteiger partial charge in [0.2, 0.25) is 5.91 Å². The van der Waals surface area contributed by atoms with Gasteiger partial charge in [-0.25, -0.2) is 0 Å². The number of carboxylic acids is 1. The number of hydrogen-bond acceptors (Lipinski definition) is 4. The van der Waals surface area contributed by atoms with Crippen molar-refractivity contribution >= 4 is 23.2 Å². The fourth-order valence-corrected chi connectivity index (χ4v) is 3.23. The summed E-state index contributed by atoms with van der Waals surface area (Å²) < 4.78 is 0. The van der Waals surface area contributed by atoms with Gasteiger partial charge in [0.1, 0.15) is 0 Å². The fourth-order valence-electron chi connectivity index (χ4n) is 2.53. The smallest absolute Gasteiger partial charge is 0.317 e. The van der Waals surface area contributed by atoms with Crippen LogP contribution in [0.15, 0.2) is 17.5 Å². The van der Waals surface area contributed by atoms with E-state index in [1.54, 1.807) is 11.3 Å². The maximum Gasteiger partial charge on any atom is 0.317 e. The van der Waals surface area contributed by atoms with Crippen LogP contribution in [-0.4, -0.2) is 47.1 Å². The second kappa shape index (κ2) is 6.85. The fraction of sp³-hybridized carbons (Fsp3) is 0.571. The van der Waals surface area contributed by atoms with Crippen LogP contribution < -0.4 is 5.32 Å². The van der Waals surface area contributed by atoms with E-state index in [1.165, 1.54) is 0 Å². The monoisotopic (exact) mass is 296 g/mol. The number of rotatable bonds is 7. The van der Waals surface area contributed by atoms with Crippen LogP contribution in [0.1, 0.15) is 24.6 Å². The standard InChI is InChI=1S/C14H20N2O3S/c1-2-16(9-14(18)19)11-6-10(7-11)15-13(17)8-12-4-3-5-20-12/h3-5,10-11H,2,6-9H2,1H3,(H,15,17)(H,18,19). The highest BCUT2D eigenvalue weighted by molar-refractivity contribution is 7.10. The lowest BCUT2D eigenvalue weighted by molar-refractivity contribution is -0.139. The number of thiophene rings is 1. The van der Waals surface area contributed by atoms with Crippen LogP contribution in [0.2, 0.25) is 0 Å². The van der Waals surface area contributed by atoms with E-state index in [1.807, 2.05) is 29.3 Å². The second-order valence-electron chi connectivity index (χ2n) is 5.10. The van der Waals surface area contributed by atoms with Crippen LogP contribution in [0.25, 0.3) is 0 Å². The van der Waals surface area contributed by atoms with Crippen molar-refractivity contribution in [3.05, 3.63) is 22.4 Å². The van der Waals surface area contributed by atoms with E-state index in [-0.39, 0.29) is 24.5 Å². The van der Waals surface area contributed by atoms with E-state index < -0.39 is 5.97 Å². The number of nitrogens with one attached hydrogen (secondary N) is 1. The predicted molar refractivity (Wildman–Crippen MR) is 77.9 cm³/mol. The Morgan fingerprint density at radius 1 is 1.50 bits per heavy atom. The molecule has 1 aliphatic carbocycles. The number of carbonyl (C=O) groups excluding carboxylic acids is 1. The molecule has 1 aromatic rings. The van der Waals surface area contributed by atoms with Crippen LogP contribution in [0.5, 0.6) is 0 Å². The molecule has 0 unspecified atom stereocenters. The summed E-state index contributed by atoms with van der Waals surface area (Å²) in [6.07, 6.45) is 2.13. The summed E-state index contributed by atoms with van der Waals surface area (Å²) in [7, 11) is 0. The zero-order chi connectivity index (χ0) is 14.5. The predicted octanol–water partition coefficient (Wildman–Crippen LogP) is 1.34. The molecular weight excluding hydrogens is 276 g/mol. The van der Waals surface area contributed by atoms with E-state index in [0.29, 0.717) is 6.42 Å². The van der Waals surface area contributed by atoms with Crippen LogP contribution in [0.3, 0.4) is 0 Å². The Morgan fingerprint density at radius 3 is 2.80 bits per heavy atom. The van der Waals surface area contributed by atoms with Crippen molar-refractivity contribution in [2.75, 3.05) is 13.1 Å². The average Bonchev–Trinajstić information content (AvgIpc) is 2.83. The highest BCUT2D eigenvalue weighted by atomic mass is 32.1. The zero-order valence-electron chi connectivity index (χ0n) is 11.5. The van der Waals surface area contributed by atoms with Crippen LogP contribution in [0.4, 0.5) is 0 Å². The van der Waals surface area contributed by atoms with Gasteiger partial charge in [0.25, 0.3) is 0 Å². The summed E-state index contributed by atoms with van der Waals surface area (Å²) >= 11 is 1.59. The quantitative estimate of drug-likeness (QED) is 0.797. The Labute approximate surface area is 122 Å². The summed E-state index contributed by atoms with van der Waals surface area (Å²) in [4.78, 5) is 25.6. The van der Waals surface area contributed by atoms with E-state index in [2.05, 4.69) is 5.32 Å². The number of carboxylic acid groups (broad SMARTS) is 1. The minimum absolute atomic E-state index is 0.0529. The molecule has 6 heteroatoms. The van der Waals surface area contributed by atoms with E-state index in [9.17, 15) is 9.59 Å².